The Bertz CT molecular complexity index is 3580. The Kier molecular flexibility index (Phi) is 25.0. The van der Waals surface area contributed by atoms with Crippen molar-refractivity contribution in [2.75, 3.05) is 13.2 Å². The van der Waals surface area contributed by atoms with Crippen LogP contribution in [0.4, 0.5) is 4.39 Å². The molecule has 0 unspecified atom stereocenters. The van der Waals surface area contributed by atoms with Crippen molar-refractivity contribution in [1.82, 2.24) is 9.55 Å². The van der Waals surface area contributed by atoms with E-state index in [1.807, 2.05) is 91.1 Å². The number of phenolic OH excluding ortho intramolecular Hbond substituents is 1. The minimum absolute atomic E-state index is 0.0273. The number of ether oxygens (including phenoxy) is 2. The number of aliphatic hydroxyl groups is 2. The summed E-state index contributed by atoms with van der Waals surface area (Å²) in [5, 5.41) is 62.4. The molecule has 79 heavy (non-hydrogen) atoms. The van der Waals surface area contributed by atoms with Crippen LogP contribution in [0.1, 0.15) is 34.7 Å². The van der Waals surface area contributed by atoms with E-state index in [1.165, 1.54) is 42.1 Å². The minimum atomic E-state index is -0.311. The summed E-state index contributed by atoms with van der Waals surface area (Å²) in [4.78, 5) is 3.18. The molecule has 0 radical (unpaired) electrons. The molecule has 10 aromatic rings. The van der Waals surface area contributed by atoms with Gasteiger partial charge in [-0.25, -0.2) is 4.39 Å². The molecule has 16 heteroatoms. The Morgan fingerprint density at radius 2 is 0.937 bits per heavy atom. The number of H-pyrrole nitrogens is 1. The molecule has 8 N–H and O–H groups in total. The zero-order valence-corrected chi connectivity index (χ0v) is 46.0. The number of aromatic hydroxyl groups is 1. The van der Waals surface area contributed by atoms with Crippen LogP contribution in [-0.2, 0) is 12.8 Å². The van der Waals surface area contributed by atoms with Crippen molar-refractivity contribution < 1.29 is 29.2 Å². The second-order valence-corrected chi connectivity index (χ2v) is 18.8. The maximum Gasteiger partial charge on any atom is 0.127 e. The maximum atomic E-state index is 12.1. The summed E-state index contributed by atoms with van der Waals surface area (Å²) in [5.74, 6) is 2.89. The lowest BCUT2D eigenvalue weighted by Crippen LogP contribution is -2.26. The second kappa shape index (κ2) is 32.5. The third-order valence-corrected chi connectivity index (χ3v) is 12.1. The molecule has 0 aliphatic rings. The molecule has 0 aliphatic heterocycles. The first-order valence-electron chi connectivity index (χ1n) is 24.3. The number of nitrogens with two attached hydrogens (primary N) is 2. The molecular formula is C63H55Br2FN8O5. The molecule has 398 valence electrons. The van der Waals surface area contributed by atoms with Crippen molar-refractivity contribution in [2.24, 2.45) is 11.5 Å². The standard InChI is InChI=1S/C24H21N3O2.C13H8BrNO.C11H14N2O.C7H4FN.C6H5BrO.C2H3N/c25-14-17-5-9-21(10-6-17)29-22-11-7-20(8-12-22)27-15-18(13-19(26)16-28)23-3-1-2-4-24(23)27;14-11-3-7-13(8-4-11)16-12-5-1-10(9-15)2-6-12;12-9(7-14)5-8-6-13-11-4-2-1-3-10(8)11;8-7-3-1-6(5-9)2-4-7;7-5-1-3-6(8)4-2-5;1-2-3/h1-12,15,19,28H,13,16,26H2;1-8H;1-4,6,9,13-14H,5,7,12H2;1-4H;1-4,8H;1H3/t19-;;9-;;;/m0.0.../s1. The number of hydrogen-bond acceptors (Lipinski definition) is 11. The van der Waals surface area contributed by atoms with Gasteiger partial charge in [0.1, 0.15) is 34.6 Å². The lowest BCUT2D eigenvalue weighted by molar-refractivity contribution is 0.265. The van der Waals surface area contributed by atoms with Crippen LogP contribution in [0.3, 0.4) is 0 Å². The van der Waals surface area contributed by atoms with Crippen LogP contribution in [0, 0.1) is 51.1 Å². The monoisotopic (exact) mass is 1180 g/mol. The lowest BCUT2D eigenvalue weighted by atomic mass is 10.1. The molecule has 2 aromatic heterocycles. The van der Waals surface area contributed by atoms with E-state index in [9.17, 15) is 9.50 Å². The van der Waals surface area contributed by atoms with Gasteiger partial charge >= 0.3 is 0 Å². The van der Waals surface area contributed by atoms with Crippen molar-refractivity contribution in [3.63, 3.8) is 0 Å². The summed E-state index contributed by atoms with van der Waals surface area (Å²) >= 11 is 6.59. The largest absolute Gasteiger partial charge is 0.508 e. The van der Waals surface area contributed by atoms with Crippen LogP contribution in [0.2, 0.25) is 0 Å². The Hall–Kier alpha value is -9.07. The van der Waals surface area contributed by atoms with E-state index in [0.29, 0.717) is 41.0 Å². The van der Waals surface area contributed by atoms with Crippen molar-refractivity contribution in [3.05, 3.63) is 249 Å². The fourth-order valence-electron chi connectivity index (χ4n) is 7.23. The Balaban J connectivity index is 0.000000195. The zero-order chi connectivity index (χ0) is 56.9. The number of halogens is 3. The summed E-state index contributed by atoms with van der Waals surface area (Å²) in [6.45, 7) is 1.42. The highest BCUT2D eigenvalue weighted by Crippen LogP contribution is 2.29. The Morgan fingerprint density at radius 3 is 1.39 bits per heavy atom. The van der Waals surface area contributed by atoms with Crippen LogP contribution in [0.25, 0.3) is 27.5 Å². The lowest BCUT2D eigenvalue weighted by Gasteiger charge is -2.09. The normalized spacial score (nSPS) is 10.6. The van der Waals surface area contributed by atoms with Crippen LogP contribution >= 0.6 is 31.9 Å². The van der Waals surface area contributed by atoms with E-state index in [-0.39, 0.29) is 31.1 Å². The molecule has 10 rings (SSSR count). The predicted molar refractivity (Wildman–Crippen MR) is 314 cm³/mol. The van der Waals surface area contributed by atoms with Crippen LogP contribution in [0.5, 0.6) is 28.7 Å². The molecule has 0 saturated carbocycles. The molecular weight excluding hydrogens is 1130 g/mol. The molecule has 8 aromatic carbocycles. The number of para-hydroxylation sites is 2. The van der Waals surface area contributed by atoms with Crippen molar-refractivity contribution in [2.45, 2.75) is 31.8 Å². The van der Waals surface area contributed by atoms with Gasteiger partial charge in [0.15, 0.2) is 0 Å². The number of rotatable bonds is 11. The van der Waals surface area contributed by atoms with Gasteiger partial charge in [-0.1, -0.05) is 68.3 Å². The molecule has 0 amide bonds. The number of benzene rings is 8. The highest BCUT2D eigenvalue weighted by Gasteiger charge is 2.13. The average molecular weight is 1180 g/mol. The smallest absolute Gasteiger partial charge is 0.127 e. The highest BCUT2D eigenvalue weighted by atomic mass is 79.9. The predicted octanol–water partition coefficient (Wildman–Crippen LogP) is 13.7. The quantitative estimate of drug-likeness (QED) is 0.0711. The summed E-state index contributed by atoms with van der Waals surface area (Å²) < 4.78 is 27.7. The number of nitrogens with zero attached hydrogens (tertiary/aromatic N) is 5. The number of nitrogens with one attached hydrogen (secondary N) is 1. The van der Waals surface area contributed by atoms with Crippen molar-refractivity contribution >= 4 is 53.7 Å². The fraction of sp³-hybridized carbons (Fsp3) is 0.111. The number of aromatic amines is 1. The van der Waals surface area contributed by atoms with Crippen molar-refractivity contribution in [1.29, 1.82) is 21.0 Å². The molecule has 0 spiro atoms. The van der Waals surface area contributed by atoms with E-state index in [4.69, 9.17) is 52.2 Å². The highest BCUT2D eigenvalue weighted by molar-refractivity contribution is 9.10. The molecule has 2 heterocycles. The van der Waals surface area contributed by atoms with Crippen LogP contribution < -0.4 is 20.9 Å². The molecule has 0 fully saturated rings. The second-order valence-electron chi connectivity index (χ2n) is 16.9. The summed E-state index contributed by atoms with van der Waals surface area (Å²) in [6.07, 6.45) is 5.36. The number of hydrogen-bond donors (Lipinski definition) is 6. The van der Waals surface area contributed by atoms with E-state index in [0.717, 1.165) is 53.9 Å². The van der Waals surface area contributed by atoms with Gasteiger partial charge in [0.05, 0.1) is 59.7 Å². The summed E-state index contributed by atoms with van der Waals surface area (Å²) in [7, 11) is 0. The van der Waals surface area contributed by atoms with E-state index >= 15 is 0 Å². The number of aliphatic hydroxyl groups excluding tert-OH is 2. The summed E-state index contributed by atoms with van der Waals surface area (Å²) in [6, 6.07) is 65.3. The molecule has 2 atom stereocenters. The first-order valence-corrected chi connectivity index (χ1v) is 25.9. The molecule has 0 saturated heterocycles. The van der Waals surface area contributed by atoms with Gasteiger partial charge in [0.25, 0.3) is 0 Å². The number of nitriles is 4. The van der Waals surface area contributed by atoms with E-state index in [1.54, 1.807) is 78.9 Å². The number of fused-ring (bicyclic) bond motifs is 2. The molecule has 0 bridgehead atoms. The van der Waals surface area contributed by atoms with Crippen LogP contribution in [0.15, 0.2) is 215 Å². The average Bonchev–Trinajstić information content (AvgIpc) is 4.12. The fourth-order valence-corrected chi connectivity index (χ4v) is 7.76. The third-order valence-electron chi connectivity index (χ3n) is 11.1. The van der Waals surface area contributed by atoms with Crippen molar-refractivity contribution in [3.8, 4) is 58.7 Å². The SMILES string of the molecule is CC#N.N#Cc1ccc(F)cc1.N#Cc1ccc(Oc2ccc(-n3cc(C[C@H](N)CO)c4ccccc43)cc2)cc1.N#Cc1ccc(Oc2ccc(Br)cc2)cc1.N[C@H](CO)Cc1c[nH]c2ccccc12.Oc1ccc(Br)cc1. The Labute approximate surface area is 475 Å². The third kappa shape index (κ3) is 20.1. The molecule has 13 nitrogen and oxygen atoms in total. The van der Waals surface area contributed by atoms with Gasteiger partial charge in [-0.2, -0.15) is 21.0 Å². The van der Waals surface area contributed by atoms with Gasteiger partial charge < -0.3 is 45.8 Å². The zero-order valence-electron chi connectivity index (χ0n) is 42.8. The first kappa shape index (κ1) is 60.8. The van der Waals surface area contributed by atoms with Gasteiger partial charge in [0, 0.05) is 62.3 Å². The van der Waals surface area contributed by atoms with Crippen LogP contribution in [-0.4, -0.2) is 50.2 Å². The van der Waals surface area contributed by atoms with Gasteiger partial charge in [0.2, 0.25) is 0 Å². The van der Waals surface area contributed by atoms with E-state index in [2.05, 4.69) is 77.9 Å². The minimum Gasteiger partial charge on any atom is -0.508 e. The topological polar surface area (TPSA) is 247 Å². The van der Waals surface area contributed by atoms with Gasteiger partial charge in [-0.3, -0.25) is 0 Å². The number of phenols is 1. The first-order chi connectivity index (χ1) is 38.3. The number of aromatic nitrogens is 2. The van der Waals surface area contributed by atoms with Gasteiger partial charge in [-0.05, 0) is 182 Å². The van der Waals surface area contributed by atoms with E-state index < -0.39 is 0 Å². The Morgan fingerprint density at radius 1 is 0.544 bits per heavy atom. The maximum absolute atomic E-state index is 12.1. The molecule has 0 aliphatic carbocycles. The van der Waals surface area contributed by atoms with Gasteiger partial charge in [-0.15, -0.1) is 0 Å². The summed E-state index contributed by atoms with van der Waals surface area (Å²) in [5.41, 5.74) is 18.9.